The second kappa shape index (κ2) is 7.70. The number of rotatable bonds is 3. The summed E-state index contributed by atoms with van der Waals surface area (Å²) in [6, 6.07) is 4.00. The number of Topliss-reactive ketones (excluding diaryl/α,β-unsaturated/α-hetero) is 1. The third kappa shape index (κ3) is 3.05. The maximum absolute atomic E-state index is 13.0. The van der Waals surface area contributed by atoms with Gasteiger partial charge in [-0.2, -0.15) is 0 Å². The molecule has 6 nitrogen and oxygen atoms in total. The summed E-state index contributed by atoms with van der Waals surface area (Å²) in [4.78, 5) is 25.4. The van der Waals surface area contributed by atoms with E-state index in [1.807, 2.05) is 19.9 Å². The van der Waals surface area contributed by atoms with Gasteiger partial charge in [0.2, 0.25) is 0 Å². The van der Waals surface area contributed by atoms with E-state index >= 15 is 0 Å². The first-order valence-corrected chi connectivity index (χ1v) is 12.5. The fraction of sp³-hybridized carbons (Fsp3) is 0.586. The molecular weight excluding hydrogens is 444 g/mol. The van der Waals surface area contributed by atoms with Crippen LogP contribution in [0.3, 0.4) is 0 Å². The minimum Gasteiger partial charge on any atom is -0.496 e. The van der Waals surface area contributed by atoms with Crippen LogP contribution >= 0.6 is 0 Å². The molecule has 1 N–H and O–H groups in total. The molecular formula is C29H36O6. The Morgan fingerprint density at radius 3 is 2.54 bits per heavy atom. The van der Waals surface area contributed by atoms with E-state index in [1.54, 1.807) is 19.6 Å². The smallest absolute Gasteiger partial charge is 0.303 e. The van der Waals surface area contributed by atoms with Gasteiger partial charge in [0.25, 0.3) is 0 Å². The van der Waals surface area contributed by atoms with E-state index in [0.717, 1.165) is 34.4 Å². The van der Waals surface area contributed by atoms with Crippen LogP contribution in [0.25, 0.3) is 11.1 Å². The van der Waals surface area contributed by atoms with Crippen molar-refractivity contribution in [1.82, 2.24) is 0 Å². The molecule has 3 aliphatic carbocycles. The minimum atomic E-state index is -0.963. The number of aliphatic hydroxyl groups is 1. The maximum Gasteiger partial charge on any atom is 0.303 e. The highest BCUT2D eigenvalue weighted by Gasteiger charge is 2.70. The van der Waals surface area contributed by atoms with E-state index in [4.69, 9.17) is 13.9 Å². The van der Waals surface area contributed by atoms with Crippen molar-refractivity contribution in [2.75, 3.05) is 7.11 Å². The Bertz CT molecular complexity index is 1190. The molecule has 5 rings (SSSR count). The van der Waals surface area contributed by atoms with Gasteiger partial charge in [-0.1, -0.05) is 27.7 Å². The normalized spacial score (nSPS) is 35.1. The fourth-order valence-corrected chi connectivity index (χ4v) is 8.34. The first-order valence-electron chi connectivity index (χ1n) is 12.5. The zero-order chi connectivity index (χ0) is 25.5. The molecule has 3 aliphatic rings. The molecule has 188 valence electrons. The van der Waals surface area contributed by atoms with Crippen molar-refractivity contribution in [1.29, 1.82) is 0 Å². The molecule has 0 radical (unpaired) electrons. The molecule has 2 aromatic rings. The van der Waals surface area contributed by atoms with Gasteiger partial charge in [-0.3, -0.25) is 9.59 Å². The number of carbonyl (C=O) groups is 2. The molecule has 2 saturated carbocycles. The van der Waals surface area contributed by atoms with Crippen LogP contribution in [0.2, 0.25) is 0 Å². The quantitative estimate of drug-likeness (QED) is 0.622. The van der Waals surface area contributed by atoms with Gasteiger partial charge in [0.05, 0.1) is 25.7 Å². The van der Waals surface area contributed by atoms with Crippen molar-refractivity contribution in [2.24, 2.45) is 22.7 Å². The Hall–Kier alpha value is -2.60. The number of hydrogen-bond acceptors (Lipinski definition) is 6. The summed E-state index contributed by atoms with van der Waals surface area (Å²) in [7, 11) is 1.66. The molecule has 1 aromatic heterocycles. The highest BCUT2D eigenvalue weighted by Crippen LogP contribution is 2.68. The first kappa shape index (κ1) is 24.1. The first-order chi connectivity index (χ1) is 16.4. The predicted molar refractivity (Wildman–Crippen MR) is 131 cm³/mol. The summed E-state index contributed by atoms with van der Waals surface area (Å²) in [6.45, 7) is 11.7. The lowest BCUT2D eigenvalue weighted by molar-refractivity contribution is -0.222. The van der Waals surface area contributed by atoms with Gasteiger partial charge in [0.15, 0.2) is 0 Å². The van der Waals surface area contributed by atoms with Gasteiger partial charge in [-0.05, 0) is 59.9 Å². The third-order valence-corrected chi connectivity index (χ3v) is 9.85. The number of ether oxygens (including phenoxy) is 2. The molecule has 6 atom stereocenters. The Morgan fingerprint density at radius 1 is 1.23 bits per heavy atom. The standard InChI is InChI=1S/C29H36O6/c1-15-18-12-21-28(5)10-8-22(31)27(3,4)25(28)24(32)26(35-16(2)30)29(21,6)19(18)13-20(33-7)23(15)17-9-11-34-14-17/h9,11,13-14,21,24-26,32H,8,10,12H2,1-7H3. The van der Waals surface area contributed by atoms with Gasteiger partial charge in [-0.15, -0.1) is 0 Å². The third-order valence-electron chi connectivity index (χ3n) is 9.85. The average Bonchev–Trinajstić information content (AvgIpc) is 3.41. The van der Waals surface area contributed by atoms with Crippen LogP contribution in [0.1, 0.15) is 64.2 Å². The summed E-state index contributed by atoms with van der Waals surface area (Å²) in [5.74, 6) is 0.234. The molecule has 0 saturated heterocycles. The molecule has 1 aromatic carbocycles. The highest BCUT2D eigenvalue weighted by molar-refractivity contribution is 5.86. The molecule has 0 bridgehead atoms. The molecule has 0 amide bonds. The van der Waals surface area contributed by atoms with Gasteiger partial charge in [0, 0.05) is 41.2 Å². The van der Waals surface area contributed by atoms with Gasteiger partial charge >= 0.3 is 5.97 Å². The highest BCUT2D eigenvalue weighted by atomic mass is 16.6. The van der Waals surface area contributed by atoms with Crippen molar-refractivity contribution in [2.45, 2.75) is 78.4 Å². The number of fused-ring (bicyclic) bond motifs is 5. The molecule has 6 heteroatoms. The molecule has 35 heavy (non-hydrogen) atoms. The van der Waals surface area contributed by atoms with E-state index in [0.29, 0.717) is 12.8 Å². The Balaban J connectivity index is 1.77. The molecule has 6 unspecified atom stereocenters. The van der Waals surface area contributed by atoms with Gasteiger partial charge in [-0.25, -0.2) is 0 Å². The average molecular weight is 481 g/mol. The van der Waals surface area contributed by atoms with E-state index in [1.165, 1.54) is 12.5 Å². The SMILES string of the molecule is COc1cc2c(c(C)c1-c1ccoc1)CC1C3(C)CCC(=O)C(C)(C)C3C(O)C(OC(C)=O)C21C. The summed E-state index contributed by atoms with van der Waals surface area (Å²) in [6.07, 6.45) is 3.64. The summed E-state index contributed by atoms with van der Waals surface area (Å²) in [5, 5.41) is 11.9. The lowest BCUT2D eigenvalue weighted by atomic mass is 9.41. The Kier molecular flexibility index (Phi) is 5.30. The van der Waals surface area contributed by atoms with E-state index in [2.05, 4.69) is 26.8 Å². The van der Waals surface area contributed by atoms with Crippen LogP contribution in [0.15, 0.2) is 29.1 Å². The summed E-state index contributed by atoms with van der Waals surface area (Å²) in [5.41, 5.74) is 3.67. The van der Waals surface area contributed by atoms with E-state index in [9.17, 15) is 14.7 Å². The van der Waals surface area contributed by atoms with Crippen LogP contribution in [-0.2, 0) is 26.2 Å². The predicted octanol–water partition coefficient (Wildman–Crippen LogP) is 5.01. The largest absolute Gasteiger partial charge is 0.496 e. The number of hydrogen-bond donors (Lipinski definition) is 1. The molecule has 0 aliphatic heterocycles. The number of benzene rings is 1. The molecule has 0 spiro atoms. The van der Waals surface area contributed by atoms with E-state index in [-0.39, 0.29) is 23.0 Å². The number of furan rings is 1. The van der Waals surface area contributed by atoms with Crippen molar-refractivity contribution in [3.8, 4) is 16.9 Å². The van der Waals surface area contributed by atoms with Crippen LogP contribution in [-0.4, -0.2) is 36.2 Å². The van der Waals surface area contributed by atoms with Crippen molar-refractivity contribution >= 4 is 11.8 Å². The fourth-order valence-electron chi connectivity index (χ4n) is 8.34. The van der Waals surface area contributed by atoms with Crippen LogP contribution in [0.5, 0.6) is 5.75 Å². The number of methoxy groups -OCH3 is 1. The van der Waals surface area contributed by atoms with Crippen molar-refractivity contribution in [3.63, 3.8) is 0 Å². The second-order valence-electron chi connectivity index (χ2n) is 11.8. The Labute approximate surface area is 207 Å². The maximum atomic E-state index is 13.0. The second-order valence-corrected chi connectivity index (χ2v) is 11.8. The molecule has 1 heterocycles. The van der Waals surface area contributed by atoms with Crippen molar-refractivity contribution < 1.29 is 28.6 Å². The lowest BCUT2D eigenvalue weighted by Crippen LogP contribution is -2.69. The number of esters is 1. The zero-order valence-corrected chi connectivity index (χ0v) is 21.7. The molecule has 2 fully saturated rings. The number of ketones is 1. The number of carbonyl (C=O) groups excluding carboxylic acids is 2. The van der Waals surface area contributed by atoms with Gasteiger partial charge < -0.3 is 19.0 Å². The minimum absolute atomic E-state index is 0.0816. The monoisotopic (exact) mass is 480 g/mol. The van der Waals surface area contributed by atoms with Crippen molar-refractivity contribution in [3.05, 3.63) is 41.3 Å². The van der Waals surface area contributed by atoms with E-state index < -0.39 is 29.0 Å². The van der Waals surface area contributed by atoms with Crippen LogP contribution in [0, 0.1) is 29.6 Å². The lowest BCUT2D eigenvalue weighted by Gasteiger charge is -2.63. The van der Waals surface area contributed by atoms with Crippen LogP contribution in [0.4, 0.5) is 0 Å². The summed E-state index contributed by atoms with van der Waals surface area (Å²) < 4.78 is 17.2. The van der Waals surface area contributed by atoms with Gasteiger partial charge in [0.1, 0.15) is 17.6 Å². The topological polar surface area (TPSA) is 86.0 Å². The number of aliphatic hydroxyl groups excluding tert-OH is 1. The van der Waals surface area contributed by atoms with Crippen LogP contribution < -0.4 is 4.74 Å². The summed E-state index contributed by atoms with van der Waals surface area (Å²) >= 11 is 0. The zero-order valence-electron chi connectivity index (χ0n) is 21.7. The Morgan fingerprint density at radius 2 is 1.94 bits per heavy atom.